The quantitative estimate of drug-likeness (QED) is 0.812. The maximum Gasteiger partial charge on any atom is 0.297 e. The van der Waals surface area contributed by atoms with Crippen molar-refractivity contribution in [2.45, 2.75) is 24.5 Å². The van der Waals surface area contributed by atoms with Gasteiger partial charge >= 0.3 is 0 Å². The average molecular weight is 322 g/mol. The molecule has 0 aromatic heterocycles. The highest BCUT2D eigenvalue weighted by molar-refractivity contribution is 7.86. The minimum absolute atomic E-state index is 0.107. The summed E-state index contributed by atoms with van der Waals surface area (Å²) < 4.78 is 47.9. The molecule has 0 spiro atoms. The third-order valence-electron chi connectivity index (χ3n) is 3.58. The van der Waals surface area contributed by atoms with E-state index in [2.05, 4.69) is 0 Å². The van der Waals surface area contributed by atoms with Gasteiger partial charge in [-0.25, -0.2) is 4.39 Å². The van der Waals surface area contributed by atoms with E-state index in [1.807, 2.05) is 6.92 Å². The van der Waals surface area contributed by atoms with Crippen LogP contribution in [0, 0.1) is 12.7 Å². The zero-order chi connectivity index (χ0) is 15.7. The molecular weight excluding hydrogens is 307 g/mol. The monoisotopic (exact) mass is 322 g/mol. The summed E-state index contributed by atoms with van der Waals surface area (Å²) >= 11 is 0. The van der Waals surface area contributed by atoms with Crippen molar-refractivity contribution < 1.29 is 21.7 Å². The minimum Gasteiger partial charge on any atom is -0.366 e. The molecular formula is C16H15FO4S. The molecule has 2 aromatic rings. The van der Waals surface area contributed by atoms with Gasteiger partial charge in [0.25, 0.3) is 10.1 Å². The number of halogens is 1. The molecule has 6 heteroatoms. The van der Waals surface area contributed by atoms with Crippen LogP contribution in [0.5, 0.6) is 0 Å². The summed E-state index contributed by atoms with van der Waals surface area (Å²) in [7, 11) is -3.83. The molecule has 1 heterocycles. The molecule has 1 aliphatic rings. The normalized spacial score (nSPS) is 17.5. The van der Waals surface area contributed by atoms with E-state index in [0.29, 0.717) is 0 Å². The highest BCUT2D eigenvalue weighted by Gasteiger charge is 2.26. The minimum atomic E-state index is -3.83. The first-order valence-electron chi connectivity index (χ1n) is 6.82. The second-order valence-corrected chi connectivity index (χ2v) is 6.81. The molecule has 0 fully saturated rings. The molecule has 0 bridgehead atoms. The standard InChI is InChI=1S/C16H15FO4S/c1-11-2-5-14(6-3-11)22(18,19)21-10-16-15-7-4-13(17)8-12(15)9-20-16/h2-8,16H,9-10H2,1H3. The Morgan fingerprint density at radius 2 is 1.95 bits per heavy atom. The van der Waals surface area contributed by atoms with Crippen LogP contribution in [0.1, 0.15) is 22.8 Å². The molecule has 1 aliphatic heterocycles. The summed E-state index contributed by atoms with van der Waals surface area (Å²) in [6.07, 6.45) is -0.504. The zero-order valence-electron chi connectivity index (χ0n) is 12.0. The van der Waals surface area contributed by atoms with Gasteiger partial charge in [0.05, 0.1) is 18.1 Å². The van der Waals surface area contributed by atoms with E-state index < -0.39 is 16.2 Å². The van der Waals surface area contributed by atoms with Crippen molar-refractivity contribution in [1.29, 1.82) is 0 Å². The maximum atomic E-state index is 13.1. The lowest BCUT2D eigenvalue weighted by molar-refractivity contribution is 0.0327. The first-order valence-corrected chi connectivity index (χ1v) is 8.22. The summed E-state index contributed by atoms with van der Waals surface area (Å²) in [4.78, 5) is 0.107. The molecule has 1 atom stereocenters. The van der Waals surface area contributed by atoms with Crippen LogP contribution >= 0.6 is 0 Å². The van der Waals surface area contributed by atoms with Gasteiger partial charge < -0.3 is 4.74 Å². The lowest BCUT2D eigenvalue weighted by Gasteiger charge is -2.12. The zero-order valence-corrected chi connectivity index (χ0v) is 12.8. The Morgan fingerprint density at radius 3 is 2.68 bits per heavy atom. The molecule has 0 amide bonds. The highest BCUT2D eigenvalue weighted by atomic mass is 32.2. The Labute approximate surface area is 128 Å². The van der Waals surface area contributed by atoms with Gasteiger partial charge in [0.2, 0.25) is 0 Å². The molecule has 22 heavy (non-hydrogen) atoms. The predicted molar refractivity (Wildman–Crippen MR) is 78.2 cm³/mol. The number of hydrogen-bond acceptors (Lipinski definition) is 4. The van der Waals surface area contributed by atoms with Crippen LogP contribution < -0.4 is 0 Å². The molecule has 116 valence electrons. The summed E-state index contributed by atoms with van der Waals surface area (Å²) in [6, 6.07) is 10.7. The van der Waals surface area contributed by atoms with Gasteiger partial charge in [0, 0.05) is 0 Å². The number of aryl methyl sites for hydroxylation is 1. The number of rotatable bonds is 4. The van der Waals surface area contributed by atoms with Crippen LogP contribution in [-0.2, 0) is 25.6 Å². The predicted octanol–water partition coefficient (Wildman–Crippen LogP) is 3.11. The molecule has 2 aromatic carbocycles. The summed E-state index contributed by atoms with van der Waals surface area (Å²) in [6.45, 7) is 2.00. The van der Waals surface area contributed by atoms with Crippen LogP contribution in [0.2, 0.25) is 0 Å². The molecule has 4 nitrogen and oxygen atoms in total. The maximum absolute atomic E-state index is 13.1. The Hall–Kier alpha value is -1.76. The summed E-state index contributed by atoms with van der Waals surface area (Å²) in [5.74, 6) is -0.337. The van der Waals surface area contributed by atoms with Crippen LogP contribution in [0.25, 0.3) is 0 Å². The van der Waals surface area contributed by atoms with Crippen molar-refractivity contribution in [2.24, 2.45) is 0 Å². The van der Waals surface area contributed by atoms with Crippen LogP contribution in [0.15, 0.2) is 47.4 Å². The van der Waals surface area contributed by atoms with Crippen molar-refractivity contribution in [1.82, 2.24) is 0 Å². The third-order valence-corrected chi connectivity index (χ3v) is 4.87. The Bertz CT molecular complexity index is 784. The van der Waals surface area contributed by atoms with E-state index in [4.69, 9.17) is 8.92 Å². The molecule has 0 N–H and O–H groups in total. The largest absolute Gasteiger partial charge is 0.366 e. The second-order valence-electron chi connectivity index (χ2n) is 5.19. The molecule has 3 rings (SSSR count). The van der Waals surface area contributed by atoms with Crippen molar-refractivity contribution in [2.75, 3.05) is 6.61 Å². The highest BCUT2D eigenvalue weighted by Crippen LogP contribution is 2.32. The Kier molecular flexibility index (Phi) is 3.99. The Balaban J connectivity index is 1.72. The molecule has 1 unspecified atom stereocenters. The van der Waals surface area contributed by atoms with Crippen LogP contribution in [0.3, 0.4) is 0 Å². The third kappa shape index (κ3) is 3.04. The van der Waals surface area contributed by atoms with Gasteiger partial charge in [0.15, 0.2) is 0 Å². The van der Waals surface area contributed by atoms with E-state index in [1.54, 1.807) is 18.2 Å². The van der Waals surface area contributed by atoms with Gasteiger partial charge in [0.1, 0.15) is 11.9 Å². The fourth-order valence-corrected chi connectivity index (χ4v) is 3.26. The van der Waals surface area contributed by atoms with E-state index in [0.717, 1.165) is 16.7 Å². The smallest absolute Gasteiger partial charge is 0.297 e. The SMILES string of the molecule is Cc1ccc(S(=O)(=O)OCC2OCc3cc(F)ccc32)cc1. The van der Waals surface area contributed by atoms with Crippen molar-refractivity contribution in [3.05, 3.63) is 65.0 Å². The lowest BCUT2D eigenvalue weighted by atomic mass is 10.1. The fourth-order valence-electron chi connectivity index (χ4n) is 2.36. The first kappa shape index (κ1) is 15.1. The van der Waals surface area contributed by atoms with E-state index in [-0.39, 0.29) is 23.9 Å². The van der Waals surface area contributed by atoms with E-state index in [9.17, 15) is 12.8 Å². The van der Waals surface area contributed by atoms with Crippen molar-refractivity contribution in [3.8, 4) is 0 Å². The van der Waals surface area contributed by atoms with Crippen LogP contribution in [0.4, 0.5) is 4.39 Å². The van der Waals surface area contributed by atoms with Gasteiger partial charge in [-0.05, 0) is 42.3 Å². The van der Waals surface area contributed by atoms with Crippen molar-refractivity contribution >= 4 is 10.1 Å². The van der Waals surface area contributed by atoms with Crippen molar-refractivity contribution in [3.63, 3.8) is 0 Å². The Morgan fingerprint density at radius 1 is 1.23 bits per heavy atom. The number of hydrogen-bond donors (Lipinski definition) is 0. The lowest BCUT2D eigenvalue weighted by Crippen LogP contribution is -2.13. The average Bonchev–Trinajstić information content (AvgIpc) is 2.88. The van der Waals surface area contributed by atoms with Gasteiger partial charge in [-0.3, -0.25) is 4.18 Å². The summed E-state index contributed by atoms with van der Waals surface area (Å²) in [5, 5.41) is 0. The van der Waals surface area contributed by atoms with Crippen LogP contribution in [-0.4, -0.2) is 15.0 Å². The number of benzene rings is 2. The van der Waals surface area contributed by atoms with Gasteiger partial charge in [-0.15, -0.1) is 0 Å². The first-order chi connectivity index (χ1) is 10.5. The number of ether oxygens (including phenoxy) is 1. The fraction of sp³-hybridized carbons (Fsp3) is 0.250. The van der Waals surface area contributed by atoms with Gasteiger partial charge in [-0.2, -0.15) is 8.42 Å². The molecule has 0 aliphatic carbocycles. The second kappa shape index (κ2) is 5.79. The summed E-state index contributed by atoms with van der Waals surface area (Å²) in [5.41, 5.74) is 2.45. The molecule has 0 saturated heterocycles. The van der Waals surface area contributed by atoms with E-state index >= 15 is 0 Å². The topological polar surface area (TPSA) is 52.6 Å². The van der Waals surface area contributed by atoms with Gasteiger partial charge in [-0.1, -0.05) is 23.8 Å². The van der Waals surface area contributed by atoms with E-state index in [1.165, 1.54) is 24.3 Å². The molecule has 0 saturated carbocycles. The number of fused-ring (bicyclic) bond motifs is 1. The molecule has 0 radical (unpaired) electrons.